The number of anilines is 1. The number of sulfone groups is 1. The van der Waals surface area contributed by atoms with Crippen LogP contribution < -0.4 is 10.6 Å². The zero-order valence-corrected chi connectivity index (χ0v) is 12.0. The average Bonchev–Trinajstić information content (AvgIpc) is 2.26. The molecule has 0 aromatic heterocycles. The lowest BCUT2D eigenvalue weighted by Gasteiger charge is -2.35. The third-order valence-electron chi connectivity index (χ3n) is 3.51. The first-order chi connectivity index (χ1) is 8.80. The summed E-state index contributed by atoms with van der Waals surface area (Å²) in [4.78, 5) is 2.01. The summed E-state index contributed by atoms with van der Waals surface area (Å²) in [6, 6.07) is 5.03. The van der Waals surface area contributed by atoms with Crippen molar-refractivity contribution in [3.05, 3.63) is 23.8 Å². The number of hydrogen-bond donors (Lipinski definition) is 2. The molecule has 2 unspecified atom stereocenters. The van der Waals surface area contributed by atoms with Gasteiger partial charge < -0.3 is 15.7 Å². The molecule has 1 heterocycles. The standard InChI is InChI=1S/C13H20N2O3S/c1-9-8-19(17,18)6-5-15(9)11-3-4-12(10(2)14)13(16)7-11/h3-4,7,9-10,16H,5-6,8,14H2,1-2H3. The molecule has 2 rings (SSSR count). The van der Waals surface area contributed by atoms with E-state index in [1.54, 1.807) is 12.1 Å². The zero-order chi connectivity index (χ0) is 14.2. The largest absolute Gasteiger partial charge is 0.508 e. The summed E-state index contributed by atoms with van der Waals surface area (Å²) < 4.78 is 23.1. The highest BCUT2D eigenvalue weighted by Crippen LogP contribution is 2.30. The topological polar surface area (TPSA) is 83.6 Å². The van der Waals surface area contributed by atoms with Gasteiger partial charge in [0, 0.05) is 35.9 Å². The average molecular weight is 284 g/mol. The van der Waals surface area contributed by atoms with Gasteiger partial charge in [0.05, 0.1) is 11.5 Å². The minimum atomic E-state index is -2.93. The molecular weight excluding hydrogens is 264 g/mol. The van der Waals surface area contributed by atoms with Crippen molar-refractivity contribution < 1.29 is 13.5 Å². The Hall–Kier alpha value is -1.27. The Kier molecular flexibility index (Phi) is 3.73. The Labute approximate surface area is 113 Å². The van der Waals surface area contributed by atoms with Crippen LogP contribution in [0.4, 0.5) is 5.69 Å². The third kappa shape index (κ3) is 3.01. The summed E-state index contributed by atoms with van der Waals surface area (Å²) in [6.07, 6.45) is 0. The molecule has 0 radical (unpaired) electrons. The molecule has 1 aliphatic rings. The molecule has 1 fully saturated rings. The molecule has 0 saturated carbocycles. The number of nitrogens with zero attached hydrogens (tertiary/aromatic N) is 1. The fourth-order valence-corrected chi connectivity index (χ4v) is 4.03. The Morgan fingerprint density at radius 2 is 2.16 bits per heavy atom. The molecule has 0 aliphatic carbocycles. The first-order valence-electron chi connectivity index (χ1n) is 6.36. The second kappa shape index (κ2) is 5.02. The van der Waals surface area contributed by atoms with Crippen molar-refractivity contribution in [3.63, 3.8) is 0 Å². The summed E-state index contributed by atoms with van der Waals surface area (Å²) in [5.41, 5.74) is 7.29. The summed E-state index contributed by atoms with van der Waals surface area (Å²) in [6.45, 7) is 4.15. The Morgan fingerprint density at radius 3 is 2.68 bits per heavy atom. The molecule has 0 bridgehead atoms. The highest BCUT2D eigenvalue weighted by molar-refractivity contribution is 7.91. The van der Waals surface area contributed by atoms with Crippen LogP contribution in [-0.4, -0.2) is 37.6 Å². The monoisotopic (exact) mass is 284 g/mol. The lowest BCUT2D eigenvalue weighted by molar-refractivity contribution is 0.463. The second-order valence-electron chi connectivity index (χ2n) is 5.19. The van der Waals surface area contributed by atoms with Crippen molar-refractivity contribution in [3.8, 4) is 5.75 Å². The summed E-state index contributed by atoms with van der Waals surface area (Å²) in [5.74, 6) is 0.476. The van der Waals surface area contributed by atoms with Gasteiger partial charge in [0.2, 0.25) is 0 Å². The van der Waals surface area contributed by atoms with E-state index in [0.29, 0.717) is 12.1 Å². The maximum atomic E-state index is 11.6. The van der Waals surface area contributed by atoms with Crippen LogP contribution in [0.25, 0.3) is 0 Å². The number of hydrogen-bond acceptors (Lipinski definition) is 5. The van der Waals surface area contributed by atoms with E-state index in [9.17, 15) is 13.5 Å². The predicted molar refractivity (Wildman–Crippen MR) is 76.2 cm³/mol. The molecule has 5 nitrogen and oxygen atoms in total. The van der Waals surface area contributed by atoms with Crippen molar-refractivity contribution in [2.45, 2.75) is 25.9 Å². The molecule has 3 N–H and O–H groups in total. The Morgan fingerprint density at radius 1 is 1.47 bits per heavy atom. The van der Waals surface area contributed by atoms with Gasteiger partial charge in [-0.2, -0.15) is 0 Å². The first-order valence-corrected chi connectivity index (χ1v) is 8.18. The van der Waals surface area contributed by atoms with E-state index in [4.69, 9.17) is 5.73 Å². The lowest BCUT2D eigenvalue weighted by atomic mass is 10.1. The van der Waals surface area contributed by atoms with E-state index < -0.39 is 9.84 Å². The first kappa shape index (κ1) is 14.1. The Balaban J connectivity index is 2.26. The smallest absolute Gasteiger partial charge is 0.154 e. The lowest BCUT2D eigenvalue weighted by Crippen LogP contribution is -2.47. The van der Waals surface area contributed by atoms with Gasteiger partial charge in [0.15, 0.2) is 9.84 Å². The van der Waals surface area contributed by atoms with E-state index >= 15 is 0 Å². The van der Waals surface area contributed by atoms with Crippen LogP contribution in [0.1, 0.15) is 25.5 Å². The normalized spacial score (nSPS) is 24.2. The molecule has 1 aromatic carbocycles. The molecule has 1 aromatic rings. The molecule has 19 heavy (non-hydrogen) atoms. The second-order valence-corrected chi connectivity index (χ2v) is 7.42. The van der Waals surface area contributed by atoms with Crippen LogP contribution in [-0.2, 0) is 9.84 Å². The van der Waals surface area contributed by atoms with Gasteiger partial charge in [-0.1, -0.05) is 6.07 Å². The van der Waals surface area contributed by atoms with Gasteiger partial charge in [-0.3, -0.25) is 0 Å². The molecule has 6 heteroatoms. The zero-order valence-electron chi connectivity index (χ0n) is 11.2. The maximum Gasteiger partial charge on any atom is 0.154 e. The van der Waals surface area contributed by atoms with Crippen molar-refractivity contribution in [2.24, 2.45) is 5.73 Å². The van der Waals surface area contributed by atoms with Crippen molar-refractivity contribution in [2.75, 3.05) is 23.0 Å². The van der Waals surface area contributed by atoms with Crippen LogP contribution in [0.2, 0.25) is 0 Å². The van der Waals surface area contributed by atoms with Crippen molar-refractivity contribution in [1.29, 1.82) is 0 Å². The van der Waals surface area contributed by atoms with Crippen molar-refractivity contribution >= 4 is 15.5 Å². The molecule has 1 saturated heterocycles. The minimum absolute atomic E-state index is 0.0840. The quantitative estimate of drug-likeness (QED) is 0.847. The molecule has 1 aliphatic heterocycles. The molecule has 106 valence electrons. The van der Waals surface area contributed by atoms with Crippen LogP contribution >= 0.6 is 0 Å². The highest BCUT2D eigenvalue weighted by atomic mass is 32.2. The number of nitrogens with two attached hydrogens (primary N) is 1. The van der Waals surface area contributed by atoms with Gasteiger partial charge in [0.25, 0.3) is 0 Å². The van der Waals surface area contributed by atoms with Crippen LogP contribution in [0.5, 0.6) is 5.75 Å². The van der Waals surface area contributed by atoms with Gasteiger partial charge in [-0.25, -0.2) is 8.42 Å². The van der Waals surface area contributed by atoms with Gasteiger partial charge in [0.1, 0.15) is 5.75 Å². The third-order valence-corrected chi connectivity index (χ3v) is 5.30. The SMILES string of the molecule is CC(N)c1ccc(N2CCS(=O)(=O)CC2C)cc1O. The number of phenolic OH excluding ortho intramolecular Hbond substituents is 1. The molecule has 2 atom stereocenters. The van der Waals surface area contributed by atoms with Crippen LogP contribution in [0.3, 0.4) is 0 Å². The molecular formula is C13H20N2O3S. The fraction of sp³-hybridized carbons (Fsp3) is 0.538. The van der Waals surface area contributed by atoms with E-state index in [1.165, 1.54) is 0 Å². The summed E-state index contributed by atoms with van der Waals surface area (Å²) >= 11 is 0. The maximum absolute atomic E-state index is 11.6. The summed E-state index contributed by atoms with van der Waals surface area (Å²) in [5, 5.41) is 9.96. The van der Waals surface area contributed by atoms with Crippen LogP contribution in [0, 0.1) is 0 Å². The molecule has 0 amide bonds. The van der Waals surface area contributed by atoms with E-state index in [2.05, 4.69) is 0 Å². The van der Waals surface area contributed by atoms with Crippen molar-refractivity contribution in [1.82, 2.24) is 0 Å². The number of aromatic hydroxyl groups is 1. The number of phenols is 1. The highest BCUT2D eigenvalue weighted by Gasteiger charge is 2.28. The van der Waals surface area contributed by atoms with Gasteiger partial charge in [-0.15, -0.1) is 0 Å². The van der Waals surface area contributed by atoms with Gasteiger partial charge in [-0.05, 0) is 19.9 Å². The van der Waals surface area contributed by atoms with Crippen LogP contribution in [0.15, 0.2) is 18.2 Å². The number of rotatable bonds is 2. The Bertz CT molecular complexity index is 569. The minimum Gasteiger partial charge on any atom is -0.508 e. The number of benzene rings is 1. The fourth-order valence-electron chi connectivity index (χ4n) is 2.48. The van der Waals surface area contributed by atoms with E-state index in [-0.39, 0.29) is 29.3 Å². The van der Waals surface area contributed by atoms with E-state index in [0.717, 1.165) is 5.69 Å². The predicted octanol–water partition coefficient (Wildman–Crippen LogP) is 1.04. The summed E-state index contributed by atoms with van der Waals surface area (Å²) in [7, 11) is -2.93. The van der Waals surface area contributed by atoms with E-state index in [1.807, 2.05) is 24.8 Å². The molecule has 0 spiro atoms. The van der Waals surface area contributed by atoms with Gasteiger partial charge >= 0.3 is 0 Å².